The molecule has 0 N–H and O–H groups in total. The molecule has 5 atom stereocenters. The Morgan fingerprint density at radius 1 is 1.47 bits per heavy atom. The summed E-state index contributed by atoms with van der Waals surface area (Å²) < 4.78 is 22.6. The van der Waals surface area contributed by atoms with E-state index in [0.29, 0.717) is 5.75 Å². The Kier molecular flexibility index (Phi) is 3.75. The summed E-state index contributed by atoms with van der Waals surface area (Å²) in [5.41, 5.74) is 0. The first kappa shape index (κ1) is 12.5. The Labute approximate surface area is 100 Å². The van der Waals surface area contributed by atoms with Crippen LogP contribution in [0.3, 0.4) is 0 Å². The Balaban J connectivity index is 1.99. The second-order valence-electron chi connectivity index (χ2n) is 3.84. The van der Waals surface area contributed by atoms with Crippen molar-refractivity contribution in [3.8, 4) is 0 Å². The predicted molar refractivity (Wildman–Crippen MR) is 58.3 cm³/mol. The van der Waals surface area contributed by atoms with Gasteiger partial charge >= 0.3 is 0 Å². The minimum absolute atomic E-state index is 0.0953. The highest BCUT2D eigenvalue weighted by Gasteiger charge is 2.51. The molecule has 96 valence electrons. The molecule has 0 aliphatic carbocycles. The number of rotatable bonds is 5. The zero-order chi connectivity index (χ0) is 12.4. The topological polar surface area (TPSA) is 87.9 Å². The molecule has 17 heavy (non-hydrogen) atoms. The average Bonchev–Trinajstić information content (AvgIpc) is 2.80. The summed E-state index contributed by atoms with van der Waals surface area (Å²) in [4.78, 5) is 14.7. The third kappa shape index (κ3) is 2.48. The predicted octanol–water partition coefficient (Wildman–Crippen LogP) is -0.336. The lowest BCUT2D eigenvalue weighted by molar-refractivity contribution is -0.769. The Hall–Kier alpha value is -0.990. The molecule has 0 aromatic heterocycles. The fraction of sp³-hybridized carbons (Fsp3) is 0.778. The molecule has 0 unspecified atom stereocenters. The third-order valence-corrected chi connectivity index (χ3v) is 4.45. The quantitative estimate of drug-likeness (QED) is 0.383. The van der Waals surface area contributed by atoms with Crippen LogP contribution in [0.15, 0.2) is 12.7 Å². The van der Waals surface area contributed by atoms with Gasteiger partial charge in [-0.25, -0.2) is 0 Å². The lowest BCUT2D eigenvalue weighted by Crippen LogP contribution is -2.36. The van der Waals surface area contributed by atoms with E-state index in [-0.39, 0.29) is 24.6 Å². The maximum absolute atomic E-state index is 11.8. The van der Waals surface area contributed by atoms with E-state index in [0.717, 1.165) is 0 Å². The molecule has 2 aliphatic rings. The van der Waals surface area contributed by atoms with Gasteiger partial charge in [0.25, 0.3) is 5.09 Å². The van der Waals surface area contributed by atoms with Crippen LogP contribution in [0.1, 0.15) is 0 Å². The van der Waals surface area contributed by atoms with E-state index in [1.807, 2.05) is 0 Å². The smallest absolute Gasteiger partial charge is 0.294 e. The molecular formula is C9H13NO6S. The van der Waals surface area contributed by atoms with Gasteiger partial charge in [0.15, 0.2) is 6.10 Å². The molecule has 0 aromatic rings. The lowest BCUT2D eigenvalue weighted by atomic mass is 10.1. The van der Waals surface area contributed by atoms with Crippen molar-refractivity contribution in [2.24, 2.45) is 0 Å². The number of nitrogens with zero attached hydrogens (tertiary/aromatic N) is 1. The van der Waals surface area contributed by atoms with Crippen molar-refractivity contribution in [3.63, 3.8) is 0 Å². The van der Waals surface area contributed by atoms with Crippen LogP contribution in [0.5, 0.6) is 0 Å². The second-order valence-corrected chi connectivity index (χ2v) is 5.54. The van der Waals surface area contributed by atoms with Crippen molar-refractivity contribution in [2.75, 3.05) is 19.0 Å². The van der Waals surface area contributed by atoms with E-state index >= 15 is 0 Å². The highest BCUT2D eigenvalue weighted by molar-refractivity contribution is 7.85. The van der Waals surface area contributed by atoms with Crippen LogP contribution in [-0.4, -0.2) is 51.8 Å². The molecule has 2 rings (SSSR count). The van der Waals surface area contributed by atoms with E-state index in [4.69, 9.17) is 9.47 Å². The van der Waals surface area contributed by atoms with Crippen molar-refractivity contribution < 1.29 is 23.6 Å². The minimum atomic E-state index is -1.13. The van der Waals surface area contributed by atoms with Gasteiger partial charge in [-0.1, -0.05) is 6.08 Å². The maximum Gasteiger partial charge on any atom is 0.294 e. The van der Waals surface area contributed by atoms with Gasteiger partial charge in [0.1, 0.15) is 12.2 Å². The van der Waals surface area contributed by atoms with Crippen LogP contribution in [0.4, 0.5) is 0 Å². The van der Waals surface area contributed by atoms with Gasteiger partial charge in [-0.3, -0.25) is 4.21 Å². The summed E-state index contributed by atoms with van der Waals surface area (Å²) >= 11 is 0. The van der Waals surface area contributed by atoms with Crippen LogP contribution in [-0.2, 0) is 25.1 Å². The van der Waals surface area contributed by atoms with Crippen LogP contribution >= 0.6 is 0 Å². The third-order valence-electron chi connectivity index (χ3n) is 2.80. The molecule has 2 heterocycles. The fourth-order valence-electron chi connectivity index (χ4n) is 2.10. The van der Waals surface area contributed by atoms with Gasteiger partial charge in [-0.2, -0.15) is 0 Å². The highest BCUT2D eigenvalue weighted by Crippen LogP contribution is 2.31. The van der Waals surface area contributed by atoms with Crippen molar-refractivity contribution in [2.45, 2.75) is 23.6 Å². The van der Waals surface area contributed by atoms with Crippen molar-refractivity contribution in [3.05, 3.63) is 22.8 Å². The lowest BCUT2D eigenvalue weighted by Gasteiger charge is -2.14. The first-order valence-electron chi connectivity index (χ1n) is 5.16. The van der Waals surface area contributed by atoms with E-state index < -0.39 is 28.1 Å². The number of fused-ring (bicyclic) bond motifs is 1. The van der Waals surface area contributed by atoms with Gasteiger partial charge in [0, 0.05) is 16.6 Å². The standard InChI is InChI=1S/C9H13NO6S/c1-2-3-17(13)7-5-15-8-6(16-10(11)12)4-14-9(7)8/h2,6-9H,1,3-5H2/t6-,7-,8-,9-,17+/m1/s1. The Bertz CT molecular complexity index is 348. The molecule has 2 saturated heterocycles. The van der Waals surface area contributed by atoms with Crippen LogP contribution in [0.2, 0.25) is 0 Å². The second kappa shape index (κ2) is 5.11. The molecule has 0 bridgehead atoms. The zero-order valence-electron chi connectivity index (χ0n) is 9.02. The largest absolute Gasteiger partial charge is 0.372 e. The molecule has 0 aromatic carbocycles. The van der Waals surface area contributed by atoms with E-state index in [9.17, 15) is 14.3 Å². The molecule has 2 fully saturated rings. The summed E-state index contributed by atoms with van der Waals surface area (Å²) in [5.74, 6) is 0.362. The van der Waals surface area contributed by atoms with Gasteiger partial charge < -0.3 is 14.3 Å². The maximum atomic E-state index is 11.8. The molecule has 2 aliphatic heterocycles. The molecule has 0 spiro atoms. The van der Waals surface area contributed by atoms with E-state index in [2.05, 4.69) is 11.4 Å². The van der Waals surface area contributed by atoms with E-state index in [1.165, 1.54) is 0 Å². The summed E-state index contributed by atoms with van der Waals surface area (Å²) in [7, 11) is -1.13. The first-order chi connectivity index (χ1) is 8.13. The van der Waals surface area contributed by atoms with Gasteiger partial charge in [-0.15, -0.1) is 16.7 Å². The van der Waals surface area contributed by atoms with Gasteiger partial charge in [-0.05, 0) is 0 Å². The van der Waals surface area contributed by atoms with Crippen LogP contribution in [0.25, 0.3) is 0 Å². The Morgan fingerprint density at radius 2 is 2.18 bits per heavy atom. The monoisotopic (exact) mass is 263 g/mol. The normalized spacial score (nSPS) is 37.4. The molecule has 0 amide bonds. The van der Waals surface area contributed by atoms with Gasteiger partial charge in [0.05, 0.1) is 18.5 Å². The summed E-state index contributed by atoms with van der Waals surface area (Å²) in [6.07, 6.45) is -0.0377. The first-order valence-corrected chi connectivity index (χ1v) is 6.54. The summed E-state index contributed by atoms with van der Waals surface area (Å²) in [5, 5.41) is 9.14. The molecule has 0 radical (unpaired) electrons. The summed E-state index contributed by atoms with van der Waals surface area (Å²) in [6.45, 7) is 3.89. The van der Waals surface area contributed by atoms with Crippen LogP contribution < -0.4 is 0 Å². The van der Waals surface area contributed by atoms with Crippen molar-refractivity contribution in [1.82, 2.24) is 0 Å². The molecule has 7 nitrogen and oxygen atoms in total. The Morgan fingerprint density at radius 3 is 2.82 bits per heavy atom. The van der Waals surface area contributed by atoms with E-state index in [1.54, 1.807) is 6.08 Å². The molecular weight excluding hydrogens is 250 g/mol. The van der Waals surface area contributed by atoms with Crippen molar-refractivity contribution in [1.29, 1.82) is 0 Å². The summed E-state index contributed by atoms with van der Waals surface area (Å²) in [6, 6.07) is 0. The van der Waals surface area contributed by atoms with Crippen LogP contribution in [0, 0.1) is 10.1 Å². The van der Waals surface area contributed by atoms with Gasteiger partial charge in [0.2, 0.25) is 0 Å². The number of hydrogen-bond donors (Lipinski definition) is 0. The zero-order valence-corrected chi connectivity index (χ0v) is 9.84. The fourth-order valence-corrected chi connectivity index (χ4v) is 3.34. The molecule has 0 saturated carbocycles. The SMILES string of the molecule is C=CC[S@](=O)[C@@H]1CO[C@H]2[C@@H]1OC[C@H]2O[N+](=O)[O-]. The highest BCUT2D eigenvalue weighted by atomic mass is 32.2. The average molecular weight is 263 g/mol. The number of hydrogen-bond acceptors (Lipinski definition) is 6. The minimum Gasteiger partial charge on any atom is -0.372 e. The number of ether oxygens (including phenoxy) is 2. The van der Waals surface area contributed by atoms with Crippen molar-refractivity contribution >= 4 is 10.8 Å². The molecule has 8 heteroatoms.